The highest BCUT2D eigenvalue weighted by molar-refractivity contribution is 6.34. The zero-order valence-electron chi connectivity index (χ0n) is 14.8. The van der Waals surface area contributed by atoms with Crippen LogP contribution in [0.4, 0.5) is 0 Å². The fourth-order valence-corrected chi connectivity index (χ4v) is 3.79. The number of aromatic nitrogens is 2. The maximum Gasteiger partial charge on any atom is 0.234 e. The van der Waals surface area contributed by atoms with Gasteiger partial charge in [-0.05, 0) is 23.6 Å². The summed E-state index contributed by atoms with van der Waals surface area (Å²) < 4.78 is 1.77. The molecule has 6 heteroatoms. The van der Waals surface area contributed by atoms with Gasteiger partial charge >= 0.3 is 0 Å². The second-order valence-corrected chi connectivity index (χ2v) is 7.04. The normalized spacial score (nSPS) is 17.0. The van der Waals surface area contributed by atoms with Crippen molar-refractivity contribution in [3.8, 4) is 22.4 Å². The van der Waals surface area contributed by atoms with Gasteiger partial charge < -0.3 is 0 Å². The van der Waals surface area contributed by atoms with Crippen LogP contribution in [0.2, 0.25) is 5.02 Å². The molecule has 27 heavy (non-hydrogen) atoms. The Kier molecular flexibility index (Phi) is 4.54. The molecule has 0 radical (unpaired) electrons. The molecule has 1 aromatic heterocycles. The van der Waals surface area contributed by atoms with Crippen molar-refractivity contribution in [1.29, 1.82) is 0 Å². The number of nitrogens with zero attached hydrogens (tertiary/aromatic N) is 2. The summed E-state index contributed by atoms with van der Waals surface area (Å²) >= 11 is 6.66. The second kappa shape index (κ2) is 7.00. The van der Waals surface area contributed by atoms with Crippen LogP contribution < -0.4 is 5.32 Å². The molecule has 1 fully saturated rings. The lowest BCUT2D eigenvalue weighted by atomic mass is 9.88. The first-order valence-corrected chi connectivity index (χ1v) is 9.13. The van der Waals surface area contributed by atoms with Gasteiger partial charge in [0, 0.05) is 30.8 Å². The quantitative estimate of drug-likeness (QED) is 0.701. The number of carbonyl (C=O) groups excluding carboxylic acids is 2. The Labute approximate surface area is 162 Å². The molecule has 1 unspecified atom stereocenters. The van der Waals surface area contributed by atoms with E-state index in [9.17, 15) is 9.59 Å². The van der Waals surface area contributed by atoms with Gasteiger partial charge in [0.1, 0.15) is 0 Å². The summed E-state index contributed by atoms with van der Waals surface area (Å²) in [5, 5.41) is 7.36. The predicted octanol–water partition coefficient (Wildman–Crippen LogP) is 3.93. The van der Waals surface area contributed by atoms with Gasteiger partial charge in [0.05, 0.1) is 16.6 Å². The first-order chi connectivity index (χ1) is 13.0. The lowest BCUT2D eigenvalue weighted by Gasteiger charge is -2.23. The number of piperidine rings is 1. The Hall–Kier alpha value is -2.92. The molecule has 0 bridgehead atoms. The molecule has 1 aliphatic heterocycles. The van der Waals surface area contributed by atoms with E-state index in [1.807, 2.05) is 61.8 Å². The number of hydrogen-bond donors (Lipinski definition) is 1. The second-order valence-electron chi connectivity index (χ2n) is 6.66. The van der Waals surface area contributed by atoms with Crippen LogP contribution >= 0.6 is 11.6 Å². The Balaban J connectivity index is 1.66. The first-order valence-electron chi connectivity index (χ1n) is 8.75. The van der Waals surface area contributed by atoms with Gasteiger partial charge in [-0.2, -0.15) is 5.10 Å². The molecule has 2 amide bonds. The van der Waals surface area contributed by atoms with Crippen molar-refractivity contribution in [1.82, 2.24) is 15.1 Å². The van der Waals surface area contributed by atoms with Gasteiger partial charge in [-0.25, -0.2) is 0 Å². The molecule has 1 aliphatic rings. The van der Waals surface area contributed by atoms with E-state index in [0.29, 0.717) is 17.9 Å². The molecule has 2 aromatic carbocycles. The van der Waals surface area contributed by atoms with Crippen LogP contribution in [0.3, 0.4) is 0 Å². The van der Waals surface area contributed by atoms with E-state index in [1.54, 1.807) is 4.68 Å². The lowest BCUT2D eigenvalue weighted by Crippen LogP contribution is -2.39. The van der Waals surface area contributed by atoms with Crippen LogP contribution in [-0.2, 0) is 16.6 Å². The van der Waals surface area contributed by atoms with E-state index in [2.05, 4.69) is 10.4 Å². The number of benzene rings is 2. The minimum absolute atomic E-state index is 0.228. The highest BCUT2D eigenvalue weighted by Gasteiger charge is 2.30. The number of nitrogens with one attached hydrogen (secondary N) is 1. The number of hydrogen-bond acceptors (Lipinski definition) is 3. The van der Waals surface area contributed by atoms with E-state index < -0.39 is 5.92 Å². The summed E-state index contributed by atoms with van der Waals surface area (Å²) in [5.41, 5.74) is 4.53. The maximum absolute atomic E-state index is 12.2. The van der Waals surface area contributed by atoms with Gasteiger partial charge in [0.2, 0.25) is 11.8 Å². The summed E-state index contributed by atoms with van der Waals surface area (Å²) in [4.78, 5) is 23.6. The maximum atomic E-state index is 12.2. The SMILES string of the molecule is Cn1ccc(-c2ccc(-c3cccc(C4CCC(=O)NC4=O)c3Cl)cc2)n1. The smallest absolute Gasteiger partial charge is 0.234 e. The van der Waals surface area contributed by atoms with Gasteiger partial charge in [-0.1, -0.05) is 54.1 Å². The van der Waals surface area contributed by atoms with E-state index >= 15 is 0 Å². The number of halogens is 1. The molecule has 5 nitrogen and oxygen atoms in total. The van der Waals surface area contributed by atoms with Crippen LogP contribution in [0.1, 0.15) is 24.3 Å². The number of imide groups is 1. The molecule has 2 heterocycles. The van der Waals surface area contributed by atoms with Crippen molar-refractivity contribution < 1.29 is 9.59 Å². The molecule has 136 valence electrons. The molecule has 1 atom stereocenters. The molecule has 0 aliphatic carbocycles. The van der Waals surface area contributed by atoms with Crippen LogP contribution in [0.25, 0.3) is 22.4 Å². The van der Waals surface area contributed by atoms with Crippen molar-refractivity contribution in [2.75, 3.05) is 0 Å². The molecular weight excluding hydrogens is 362 g/mol. The van der Waals surface area contributed by atoms with Crippen molar-refractivity contribution in [3.05, 3.63) is 65.3 Å². The zero-order chi connectivity index (χ0) is 19.0. The first kappa shape index (κ1) is 17.5. The van der Waals surface area contributed by atoms with Crippen molar-refractivity contribution in [3.63, 3.8) is 0 Å². The summed E-state index contributed by atoms with van der Waals surface area (Å²) in [6, 6.07) is 15.7. The fraction of sp³-hybridized carbons (Fsp3) is 0.190. The fourth-order valence-electron chi connectivity index (χ4n) is 3.42. The van der Waals surface area contributed by atoms with Crippen LogP contribution in [0.15, 0.2) is 54.7 Å². The minimum Gasteiger partial charge on any atom is -0.296 e. The predicted molar refractivity (Wildman–Crippen MR) is 104 cm³/mol. The lowest BCUT2D eigenvalue weighted by molar-refractivity contribution is -0.134. The molecule has 1 N–H and O–H groups in total. The highest BCUT2D eigenvalue weighted by Crippen LogP contribution is 2.37. The average molecular weight is 380 g/mol. The van der Waals surface area contributed by atoms with Gasteiger partial charge in [0.25, 0.3) is 0 Å². The van der Waals surface area contributed by atoms with Gasteiger partial charge in [0.15, 0.2) is 0 Å². The van der Waals surface area contributed by atoms with Crippen molar-refractivity contribution in [2.24, 2.45) is 7.05 Å². The topological polar surface area (TPSA) is 64.0 Å². The number of aryl methyl sites for hydroxylation is 1. The Morgan fingerprint density at radius 2 is 1.81 bits per heavy atom. The highest BCUT2D eigenvalue weighted by atomic mass is 35.5. The third-order valence-electron chi connectivity index (χ3n) is 4.85. The van der Waals surface area contributed by atoms with E-state index in [0.717, 1.165) is 27.9 Å². The van der Waals surface area contributed by atoms with E-state index in [1.165, 1.54) is 0 Å². The molecule has 4 rings (SSSR count). The van der Waals surface area contributed by atoms with Crippen LogP contribution in [0, 0.1) is 0 Å². The van der Waals surface area contributed by atoms with Gasteiger partial charge in [-0.3, -0.25) is 19.6 Å². The minimum atomic E-state index is -0.400. The Morgan fingerprint density at radius 1 is 1.07 bits per heavy atom. The number of amides is 2. The number of rotatable bonds is 3. The largest absolute Gasteiger partial charge is 0.296 e. The molecule has 1 saturated heterocycles. The third-order valence-corrected chi connectivity index (χ3v) is 5.27. The Morgan fingerprint density at radius 3 is 2.48 bits per heavy atom. The average Bonchev–Trinajstić information content (AvgIpc) is 3.09. The standard InChI is InChI=1S/C21H18ClN3O2/c1-25-12-11-18(24-25)14-7-5-13(6-8-14)15-3-2-4-16(20(15)22)17-9-10-19(26)23-21(17)27/h2-8,11-12,17H,9-10H2,1H3,(H,23,26,27). The number of carbonyl (C=O) groups is 2. The Bertz CT molecular complexity index is 1020. The summed E-state index contributed by atoms with van der Waals surface area (Å²) in [6.45, 7) is 0. The third kappa shape index (κ3) is 3.38. The van der Waals surface area contributed by atoms with Crippen LogP contribution in [0.5, 0.6) is 0 Å². The molecule has 0 saturated carbocycles. The summed E-state index contributed by atoms with van der Waals surface area (Å²) in [5.74, 6) is -0.910. The van der Waals surface area contributed by atoms with Crippen molar-refractivity contribution in [2.45, 2.75) is 18.8 Å². The summed E-state index contributed by atoms with van der Waals surface area (Å²) in [6.07, 6.45) is 2.71. The summed E-state index contributed by atoms with van der Waals surface area (Å²) in [7, 11) is 1.89. The van der Waals surface area contributed by atoms with Gasteiger partial charge in [-0.15, -0.1) is 0 Å². The van der Waals surface area contributed by atoms with Crippen LogP contribution in [-0.4, -0.2) is 21.6 Å². The molecular formula is C21H18ClN3O2. The van der Waals surface area contributed by atoms with Crippen molar-refractivity contribution >= 4 is 23.4 Å². The molecule has 0 spiro atoms. The zero-order valence-corrected chi connectivity index (χ0v) is 15.5. The monoisotopic (exact) mass is 379 g/mol. The van der Waals surface area contributed by atoms with E-state index in [4.69, 9.17) is 11.6 Å². The van der Waals surface area contributed by atoms with E-state index in [-0.39, 0.29) is 11.8 Å². The molecule has 3 aromatic rings.